The molecule has 2 rings (SSSR count). The molecular weight excluding hydrogens is 349 g/mol. The summed E-state index contributed by atoms with van der Waals surface area (Å²) in [5.41, 5.74) is 1.85. The minimum Gasteiger partial charge on any atom is -0.378 e. The van der Waals surface area contributed by atoms with Gasteiger partial charge in [0.15, 0.2) is 0 Å². The van der Waals surface area contributed by atoms with Crippen molar-refractivity contribution >= 4 is 44.8 Å². The molecule has 0 aliphatic rings. The third kappa shape index (κ3) is 3.88. The van der Waals surface area contributed by atoms with Gasteiger partial charge in [0.2, 0.25) is 0 Å². The van der Waals surface area contributed by atoms with E-state index in [9.17, 15) is 0 Å². The maximum absolute atomic E-state index is 6.16. The highest BCUT2D eigenvalue weighted by Gasteiger charge is 2.07. The average molecular weight is 363 g/mol. The summed E-state index contributed by atoms with van der Waals surface area (Å²) in [6.45, 7) is 3.70. The van der Waals surface area contributed by atoms with Crippen molar-refractivity contribution in [1.29, 1.82) is 0 Å². The molecule has 0 aliphatic heterocycles. The second-order valence-electron chi connectivity index (χ2n) is 4.21. The van der Waals surface area contributed by atoms with Crippen LogP contribution in [0.3, 0.4) is 0 Å². The SMILES string of the molecule is CCCn1cc(CNc2c(Cl)cc(Br)cc2Cl)cn1. The summed E-state index contributed by atoms with van der Waals surface area (Å²) in [6, 6.07) is 3.63. The minimum atomic E-state index is 0.598. The van der Waals surface area contributed by atoms with Gasteiger partial charge in [0, 0.05) is 29.3 Å². The van der Waals surface area contributed by atoms with Gasteiger partial charge in [-0.25, -0.2) is 0 Å². The predicted octanol–water partition coefficient (Wildman–Crippen LogP) is 4.97. The van der Waals surface area contributed by atoms with Crippen LogP contribution in [-0.2, 0) is 13.1 Å². The number of halogens is 3. The number of anilines is 1. The molecule has 0 fully saturated rings. The third-order valence-corrected chi connectivity index (χ3v) is 3.67. The van der Waals surface area contributed by atoms with Crippen LogP contribution in [-0.4, -0.2) is 9.78 Å². The van der Waals surface area contributed by atoms with Crippen molar-refractivity contribution in [2.45, 2.75) is 26.4 Å². The van der Waals surface area contributed by atoms with Gasteiger partial charge in [0.05, 0.1) is 21.9 Å². The van der Waals surface area contributed by atoms with E-state index < -0.39 is 0 Å². The lowest BCUT2D eigenvalue weighted by Crippen LogP contribution is -2.00. The Hall–Kier alpha value is -0.710. The normalized spacial score (nSPS) is 10.7. The smallest absolute Gasteiger partial charge is 0.0722 e. The van der Waals surface area contributed by atoms with Crippen molar-refractivity contribution in [3.8, 4) is 0 Å². The second kappa shape index (κ2) is 6.64. The molecule has 102 valence electrons. The topological polar surface area (TPSA) is 29.9 Å². The molecule has 0 radical (unpaired) electrons. The van der Waals surface area contributed by atoms with Crippen molar-refractivity contribution in [3.05, 3.63) is 44.6 Å². The van der Waals surface area contributed by atoms with Crippen molar-refractivity contribution in [1.82, 2.24) is 9.78 Å². The molecule has 1 aromatic heterocycles. The first-order chi connectivity index (χ1) is 9.10. The zero-order valence-electron chi connectivity index (χ0n) is 10.5. The van der Waals surface area contributed by atoms with Crippen LogP contribution in [0.4, 0.5) is 5.69 Å². The van der Waals surface area contributed by atoms with E-state index in [2.05, 4.69) is 33.3 Å². The Morgan fingerprint density at radius 1 is 1.32 bits per heavy atom. The standard InChI is InChI=1S/C13H14BrCl2N3/c1-2-3-19-8-9(7-18-19)6-17-13-11(15)4-10(14)5-12(13)16/h4-5,7-8,17H,2-3,6H2,1H3. The lowest BCUT2D eigenvalue weighted by atomic mass is 10.3. The lowest BCUT2D eigenvalue weighted by molar-refractivity contribution is 0.602. The third-order valence-electron chi connectivity index (χ3n) is 2.62. The molecule has 0 saturated heterocycles. The molecule has 0 aliphatic carbocycles. The van der Waals surface area contributed by atoms with E-state index in [-0.39, 0.29) is 0 Å². The monoisotopic (exact) mass is 361 g/mol. The molecule has 1 heterocycles. The average Bonchev–Trinajstić information content (AvgIpc) is 2.76. The fourth-order valence-corrected chi connectivity index (χ4v) is 3.09. The van der Waals surface area contributed by atoms with E-state index in [4.69, 9.17) is 23.2 Å². The summed E-state index contributed by atoms with van der Waals surface area (Å²) < 4.78 is 2.80. The zero-order chi connectivity index (χ0) is 13.8. The van der Waals surface area contributed by atoms with Crippen LogP contribution in [0, 0.1) is 0 Å². The van der Waals surface area contributed by atoms with Gasteiger partial charge in [-0.3, -0.25) is 4.68 Å². The first-order valence-electron chi connectivity index (χ1n) is 6.00. The van der Waals surface area contributed by atoms with Crippen LogP contribution in [0.15, 0.2) is 29.0 Å². The maximum atomic E-state index is 6.16. The number of rotatable bonds is 5. The summed E-state index contributed by atoms with van der Waals surface area (Å²) in [5, 5.41) is 8.72. The molecule has 0 spiro atoms. The van der Waals surface area contributed by atoms with E-state index in [1.165, 1.54) is 0 Å². The summed E-state index contributed by atoms with van der Waals surface area (Å²) in [5.74, 6) is 0. The molecule has 0 saturated carbocycles. The summed E-state index contributed by atoms with van der Waals surface area (Å²) in [7, 11) is 0. The van der Waals surface area contributed by atoms with Crippen LogP contribution in [0.2, 0.25) is 10.0 Å². The second-order valence-corrected chi connectivity index (χ2v) is 5.94. The van der Waals surface area contributed by atoms with Crippen LogP contribution >= 0.6 is 39.1 Å². The molecule has 0 unspecified atom stereocenters. The number of nitrogens with zero attached hydrogens (tertiary/aromatic N) is 2. The maximum Gasteiger partial charge on any atom is 0.0722 e. The molecule has 2 aromatic rings. The summed E-state index contributed by atoms with van der Waals surface area (Å²) in [4.78, 5) is 0. The minimum absolute atomic E-state index is 0.598. The molecule has 1 N–H and O–H groups in total. The highest BCUT2D eigenvalue weighted by Crippen LogP contribution is 2.34. The van der Waals surface area contributed by atoms with Gasteiger partial charge in [-0.05, 0) is 18.6 Å². The Morgan fingerprint density at radius 3 is 2.63 bits per heavy atom. The highest BCUT2D eigenvalue weighted by molar-refractivity contribution is 9.10. The van der Waals surface area contributed by atoms with Crippen LogP contribution < -0.4 is 5.32 Å². The van der Waals surface area contributed by atoms with Gasteiger partial charge in [-0.1, -0.05) is 46.1 Å². The van der Waals surface area contributed by atoms with Gasteiger partial charge >= 0.3 is 0 Å². The van der Waals surface area contributed by atoms with Gasteiger partial charge in [0.25, 0.3) is 0 Å². The number of aromatic nitrogens is 2. The first-order valence-corrected chi connectivity index (χ1v) is 7.54. The van der Waals surface area contributed by atoms with E-state index in [1.807, 2.05) is 29.2 Å². The molecule has 3 nitrogen and oxygen atoms in total. The molecule has 0 atom stereocenters. The summed E-state index contributed by atoms with van der Waals surface area (Å²) >= 11 is 15.7. The Balaban J connectivity index is 2.05. The largest absolute Gasteiger partial charge is 0.378 e. The number of aryl methyl sites for hydroxylation is 1. The Bertz CT molecular complexity index is 546. The van der Waals surface area contributed by atoms with Crippen molar-refractivity contribution in [2.75, 3.05) is 5.32 Å². The van der Waals surface area contributed by atoms with E-state index in [1.54, 1.807) is 0 Å². The first kappa shape index (κ1) is 14.7. The van der Waals surface area contributed by atoms with Gasteiger partial charge in [0.1, 0.15) is 0 Å². The van der Waals surface area contributed by atoms with Crippen molar-refractivity contribution in [3.63, 3.8) is 0 Å². The molecule has 19 heavy (non-hydrogen) atoms. The fourth-order valence-electron chi connectivity index (χ4n) is 1.75. The zero-order valence-corrected chi connectivity index (χ0v) is 13.6. The van der Waals surface area contributed by atoms with Crippen LogP contribution in [0.5, 0.6) is 0 Å². The Kier molecular flexibility index (Phi) is 5.13. The summed E-state index contributed by atoms with van der Waals surface area (Å²) in [6.07, 6.45) is 4.94. The van der Waals surface area contributed by atoms with Gasteiger partial charge < -0.3 is 5.32 Å². The van der Waals surface area contributed by atoms with Crippen molar-refractivity contribution in [2.24, 2.45) is 0 Å². The Morgan fingerprint density at radius 2 is 2.00 bits per heavy atom. The Labute approximate surface area is 131 Å². The quantitative estimate of drug-likeness (QED) is 0.813. The number of hydrogen-bond donors (Lipinski definition) is 1. The number of hydrogen-bond acceptors (Lipinski definition) is 2. The van der Waals surface area contributed by atoms with Crippen molar-refractivity contribution < 1.29 is 0 Å². The molecule has 0 bridgehead atoms. The lowest BCUT2D eigenvalue weighted by Gasteiger charge is -2.10. The predicted molar refractivity (Wildman–Crippen MR) is 84.0 cm³/mol. The van der Waals surface area contributed by atoms with Crippen LogP contribution in [0.1, 0.15) is 18.9 Å². The fraction of sp³-hybridized carbons (Fsp3) is 0.308. The van der Waals surface area contributed by atoms with Gasteiger partial charge in [-0.2, -0.15) is 5.10 Å². The highest BCUT2D eigenvalue weighted by atomic mass is 79.9. The van der Waals surface area contributed by atoms with E-state index in [0.717, 1.165) is 28.7 Å². The van der Waals surface area contributed by atoms with Gasteiger partial charge in [-0.15, -0.1) is 0 Å². The molecule has 0 amide bonds. The molecular formula is C13H14BrCl2N3. The number of benzene rings is 1. The number of nitrogens with one attached hydrogen (secondary N) is 1. The van der Waals surface area contributed by atoms with E-state index >= 15 is 0 Å². The van der Waals surface area contributed by atoms with E-state index in [0.29, 0.717) is 16.6 Å². The van der Waals surface area contributed by atoms with Crippen LogP contribution in [0.25, 0.3) is 0 Å². The molecule has 1 aromatic carbocycles. The molecule has 6 heteroatoms.